The summed E-state index contributed by atoms with van der Waals surface area (Å²) in [7, 11) is 0. The minimum Gasteiger partial charge on any atom is -0.508 e. The lowest BCUT2D eigenvalue weighted by Gasteiger charge is -2.34. The van der Waals surface area contributed by atoms with Crippen LogP contribution in [0.5, 0.6) is 5.75 Å². The van der Waals surface area contributed by atoms with Gasteiger partial charge in [0.15, 0.2) is 0 Å². The molecule has 3 rings (SSSR count). The van der Waals surface area contributed by atoms with Crippen LogP contribution in [0.3, 0.4) is 0 Å². The number of carbonyl (C=O) groups excluding carboxylic acids is 2. The fraction of sp³-hybridized carbons (Fsp3) is 0.200. The third-order valence-corrected chi connectivity index (χ3v) is 4.23. The summed E-state index contributed by atoms with van der Waals surface area (Å²) in [5.41, 5.74) is 1.78. The van der Waals surface area contributed by atoms with Gasteiger partial charge >= 0.3 is 6.03 Å². The molecule has 1 aliphatic rings. The van der Waals surface area contributed by atoms with Crippen molar-refractivity contribution >= 4 is 17.6 Å². The Morgan fingerprint density at radius 2 is 1.69 bits per heavy atom. The van der Waals surface area contributed by atoms with Gasteiger partial charge in [0, 0.05) is 43.0 Å². The molecule has 0 aliphatic carbocycles. The molecule has 0 saturated carbocycles. The standard InChI is InChI=1S/C20H19N3O3/c1-2-15-5-3-7-17(13-15)21-20(26)23-11-9-22(10-12-23)19(25)16-6-4-8-18(24)14-16/h1,3-8,13-14,24H,9-12H2,(H,21,26). The maximum atomic E-state index is 12.5. The molecule has 1 saturated heterocycles. The number of hydrogen-bond donors (Lipinski definition) is 2. The largest absolute Gasteiger partial charge is 0.508 e. The number of rotatable bonds is 2. The fourth-order valence-corrected chi connectivity index (χ4v) is 2.82. The molecule has 1 aliphatic heterocycles. The highest BCUT2D eigenvalue weighted by Crippen LogP contribution is 2.15. The number of urea groups is 1. The van der Waals surface area contributed by atoms with Crippen LogP contribution in [-0.2, 0) is 0 Å². The van der Waals surface area contributed by atoms with Crippen LogP contribution < -0.4 is 5.32 Å². The number of anilines is 1. The second-order valence-corrected chi connectivity index (χ2v) is 5.98. The molecule has 0 spiro atoms. The van der Waals surface area contributed by atoms with Crippen molar-refractivity contribution in [2.45, 2.75) is 0 Å². The molecule has 0 bridgehead atoms. The molecule has 3 amide bonds. The molecule has 2 aromatic carbocycles. The van der Waals surface area contributed by atoms with E-state index in [1.165, 1.54) is 12.1 Å². The summed E-state index contributed by atoms with van der Waals surface area (Å²) in [4.78, 5) is 28.2. The van der Waals surface area contributed by atoms with Crippen molar-refractivity contribution in [2.24, 2.45) is 0 Å². The minimum absolute atomic E-state index is 0.0584. The first-order chi connectivity index (χ1) is 12.6. The lowest BCUT2D eigenvalue weighted by Crippen LogP contribution is -2.51. The van der Waals surface area contributed by atoms with E-state index >= 15 is 0 Å². The Morgan fingerprint density at radius 3 is 2.38 bits per heavy atom. The number of phenols is 1. The van der Waals surface area contributed by atoms with Crippen molar-refractivity contribution in [3.63, 3.8) is 0 Å². The van der Waals surface area contributed by atoms with Crippen LogP contribution in [0.25, 0.3) is 0 Å². The van der Waals surface area contributed by atoms with Crippen molar-refractivity contribution < 1.29 is 14.7 Å². The molecule has 6 heteroatoms. The summed E-state index contributed by atoms with van der Waals surface area (Å²) < 4.78 is 0. The lowest BCUT2D eigenvalue weighted by molar-refractivity contribution is 0.0671. The molecule has 0 atom stereocenters. The number of nitrogens with one attached hydrogen (secondary N) is 1. The number of phenolic OH excluding ortho intramolecular Hbond substituents is 1. The summed E-state index contributed by atoms with van der Waals surface area (Å²) in [5, 5.41) is 12.3. The predicted octanol–water partition coefficient (Wildman–Crippen LogP) is 2.36. The predicted molar refractivity (Wildman–Crippen MR) is 99.0 cm³/mol. The molecule has 1 heterocycles. The van der Waals surface area contributed by atoms with E-state index in [0.717, 1.165) is 0 Å². The second-order valence-electron chi connectivity index (χ2n) is 5.98. The van der Waals surface area contributed by atoms with Crippen molar-refractivity contribution in [1.29, 1.82) is 0 Å². The number of benzene rings is 2. The van der Waals surface area contributed by atoms with Crippen LogP contribution in [0.4, 0.5) is 10.5 Å². The molecule has 0 unspecified atom stereocenters. The number of nitrogens with zero attached hydrogens (tertiary/aromatic N) is 2. The van der Waals surface area contributed by atoms with Crippen LogP contribution in [0.15, 0.2) is 48.5 Å². The average Bonchev–Trinajstić information content (AvgIpc) is 2.67. The van der Waals surface area contributed by atoms with Crippen LogP contribution >= 0.6 is 0 Å². The summed E-state index contributed by atoms with van der Waals surface area (Å²) in [6.07, 6.45) is 5.37. The van der Waals surface area contributed by atoms with Gasteiger partial charge in [-0.3, -0.25) is 4.79 Å². The molecule has 26 heavy (non-hydrogen) atoms. The summed E-state index contributed by atoms with van der Waals surface area (Å²) in [5.74, 6) is 2.44. The van der Waals surface area contributed by atoms with Gasteiger partial charge in [-0.2, -0.15) is 0 Å². The topological polar surface area (TPSA) is 72.9 Å². The normalized spacial score (nSPS) is 13.8. The zero-order valence-corrected chi connectivity index (χ0v) is 14.2. The maximum absolute atomic E-state index is 12.5. The molecule has 2 N–H and O–H groups in total. The van der Waals surface area contributed by atoms with E-state index in [2.05, 4.69) is 11.2 Å². The van der Waals surface area contributed by atoms with Gasteiger partial charge in [0.25, 0.3) is 5.91 Å². The van der Waals surface area contributed by atoms with E-state index < -0.39 is 0 Å². The van der Waals surface area contributed by atoms with Gasteiger partial charge in [-0.1, -0.05) is 18.1 Å². The minimum atomic E-state index is -0.219. The zero-order valence-electron chi connectivity index (χ0n) is 14.2. The van der Waals surface area contributed by atoms with Gasteiger partial charge in [-0.15, -0.1) is 6.42 Å². The van der Waals surface area contributed by atoms with Gasteiger partial charge in [0.05, 0.1) is 0 Å². The van der Waals surface area contributed by atoms with Crippen molar-refractivity contribution in [3.8, 4) is 18.1 Å². The van der Waals surface area contributed by atoms with Crippen molar-refractivity contribution in [1.82, 2.24) is 9.80 Å². The molecule has 1 fully saturated rings. The first-order valence-corrected chi connectivity index (χ1v) is 8.28. The molecule has 0 aromatic heterocycles. The first-order valence-electron chi connectivity index (χ1n) is 8.28. The maximum Gasteiger partial charge on any atom is 0.321 e. The first kappa shape index (κ1) is 17.4. The second kappa shape index (κ2) is 7.62. The van der Waals surface area contributed by atoms with Crippen LogP contribution in [0, 0.1) is 12.3 Å². The third kappa shape index (κ3) is 3.95. The average molecular weight is 349 g/mol. The highest BCUT2D eigenvalue weighted by molar-refractivity contribution is 5.95. The van der Waals surface area contributed by atoms with Crippen LogP contribution in [0.2, 0.25) is 0 Å². The van der Waals surface area contributed by atoms with Gasteiger partial charge in [0.1, 0.15) is 5.75 Å². The Hall–Kier alpha value is -3.46. The Morgan fingerprint density at radius 1 is 1.00 bits per heavy atom. The van der Waals surface area contributed by atoms with Crippen LogP contribution in [0.1, 0.15) is 15.9 Å². The molecule has 132 valence electrons. The summed E-state index contributed by atoms with van der Waals surface area (Å²) >= 11 is 0. The van der Waals surface area contributed by atoms with E-state index in [1.807, 2.05) is 0 Å². The highest BCUT2D eigenvalue weighted by Gasteiger charge is 2.25. The quantitative estimate of drug-likeness (QED) is 0.818. The zero-order chi connectivity index (χ0) is 18.5. The summed E-state index contributed by atoms with van der Waals surface area (Å²) in [6, 6.07) is 13.1. The molecule has 2 aromatic rings. The van der Waals surface area contributed by atoms with Gasteiger partial charge in [-0.25, -0.2) is 4.79 Å². The van der Waals surface area contributed by atoms with E-state index in [0.29, 0.717) is 43.0 Å². The van der Waals surface area contributed by atoms with Crippen LogP contribution in [-0.4, -0.2) is 53.0 Å². The number of aromatic hydroxyl groups is 1. The number of terminal acetylenes is 1. The van der Waals surface area contributed by atoms with Gasteiger partial charge < -0.3 is 20.2 Å². The fourth-order valence-electron chi connectivity index (χ4n) is 2.82. The molecular weight excluding hydrogens is 330 g/mol. The Kier molecular flexibility index (Phi) is 5.09. The third-order valence-electron chi connectivity index (χ3n) is 4.23. The monoisotopic (exact) mass is 349 g/mol. The SMILES string of the molecule is C#Cc1cccc(NC(=O)N2CCN(C(=O)c3cccc(O)c3)CC2)c1. The molecular formula is C20H19N3O3. The molecule has 0 radical (unpaired) electrons. The number of hydrogen-bond acceptors (Lipinski definition) is 3. The van der Waals surface area contributed by atoms with Crippen molar-refractivity contribution in [2.75, 3.05) is 31.5 Å². The number of amides is 3. The Balaban J connectivity index is 1.57. The summed E-state index contributed by atoms with van der Waals surface area (Å²) in [6.45, 7) is 1.75. The lowest BCUT2D eigenvalue weighted by atomic mass is 10.1. The number of piperazine rings is 1. The van der Waals surface area contributed by atoms with E-state index in [4.69, 9.17) is 6.42 Å². The Bertz CT molecular complexity index is 865. The van der Waals surface area contributed by atoms with Gasteiger partial charge in [0.2, 0.25) is 0 Å². The number of carbonyl (C=O) groups is 2. The van der Waals surface area contributed by atoms with E-state index in [9.17, 15) is 14.7 Å². The van der Waals surface area contributed by atoms with Gasteiger partial charge in [-0.05, 0) is 36.4 Å². The molecule has 6 nitrogen and oxygen atoms in total. The Labute approximate surface area is 152 Å². The van der Waals surface area contributed by atoms with E-state index in [-0.39, 0.29) is 17.7 Å². The highest BCUT2D eigenvalue weighted by atomic mass is 16.3. The van der Waals surface area contributed by atoms with E-state index in [1.54, 1.807) is 46.2 Å². The smallest absolute Gasteiger partial charge is 0.321 e. The van der Waals surface area contributed by atoms with Crippen molar-refractivity contribution in [3.05, 3.63) is 59.7 Å².